The molecule has 1 fully saturated rings. The first-order valence-corrected chi connectivity index (χ1v) is 8.73. The number of benzene rings is 1. The summed E-state index contributed by atoms with van der Waals surface area (Å²) in [4.78, 5) is 4.87. The third-order valence-electron chi connectivity index (χ3n) is 4.11. The molecule has 0 spiro atoms. The van der Waals surface area contributed by atoms with Gasteiger partial charge in [0, 0.05) is 26.2 Å². The molecule has 130 valence electrons. The lowest BCUT2D eigenvalue weighted by Gasteiger charge is -2.26. The molecule has 1 aromatic rings. The van der Waals surface area contributed by atoms with Gasteiger partial charge in [-0.3, -0.25) is 9.80 Å². The Balaban J connectivity index is 1.73. The summed E-state index contributed by atoms with van der Waals surface area (Å²) >= 11 is 0. The summed E-state index contributed by atoms with van der Waals surface area (Å²) in [6.45, 7) is 12.4. The third-order valence-corrected chi connectivity index (χ3v) is 4.11. The zero-order chi connectivity index (χ0) is 16.7. The maximum absolute atomic E-state index is 10.2. The predicted octanol–water partition coefficient (Wildman–Crippen LogP) is 2.37. The van der Waals surface area contributed by atoms with Gasteiger partial charge in [0.15, 0.2) is 0 Å². The maximum Gasteiger partial charge on any atom is 0.0900 e. The van der Waals surface area contributed by atoms with Gasteiger partial charge in [-0.15, -0.1) is 0 Å². The van der Waals surface area contributed by atoms with Gasteiger partial charge in [0.25, 0.3) is 0 Å². The van der Waals surface area contributed by atoms with Crippen molar-refractivity contribution in [2.45, 2.75) is 45.4 Å². The summed E-state index contributed by atoms with van der Waals surface area (Å²) in [5.41, 5.74) is 1.19. The Kier molecular flexibility index (Phi) is 7.03. The highest BCUT2D eigenvalue weighted by atomic mass is 16.5. The van der Waals surface area contributed by atoms with Crippen LogP contribution in [-0.4, -0.2) is 65.9 Å². The third kappa shape index (κ3) is 7.44. The van der Waals surface area contributed by atoms with Crippen LogP contribution in [0.2, 0.25) is 0 Å². The van der Waals surface area contributed by atoms with Crippen LogP contribution in [0.4, 0.5) is 0 Å². The summed E-state index contributed by atoms with van der Waals surface area (Å²) in [5.74, 6) is 0. The van der Waals surface area contributed by atoms with E-state index in [-0.39, 0.29) is 5.60 Å². The number of β-amino-alcohol motifs (C(OH)–C–C–N with tert-alkyl or cyclic N) is 1. The Labute approximate surface area is 141 Å². The van der Waals surface area contributed by atoms with Crippen molar-refractivity contribution in [1.82, 2.24) is 9.80 Å². The summed E-state index contributed by atoms with van der Waals surface area (Å²) in [6, 6.07) is 10.7. The molecular formula is C19H32N2O2. The minimum absolute atomic E-state index is 0.188. The van der Waals surface area contributed by atoms with Crippen LogP contribution in [0.3, 0.4) is 0 Å². The Morgan fingerprint density at radius 3 is 2.39 bits per heavy atom. The van der Waals surface area contributed by atoms with E-state index < -0.39 is 6.10 Å². The Morgan fingerprint density at radius 2 is 1.70 bits per heavy atom. The van der Waals surface area contributed by atoms with Crippen molar-refractivity contribution in [1.29, 1.82) is 0 Å². The lowest BCUT2D eigenvalue weighted by Crippen LogP contribution is -2.38. The van der Waals surface area contributed by atoms with E-state index in [1.807, 2.05) is 20.8 Å². The second-order valence-corrected chi connectivity index (χ2v) is 7.49. The number of rotatable bonds is 6. The van der Waals surface area contributed by atoms with Crippen LogP contribution in [0.15, 0.2) is 30.3 Å². The molecule has 1 aromatic carbocycles. The van der Waals surface area contributed by atoms with E-state index in [9.17, 15) is 5.11 Å². The van der Waals surface area contributed by atoms with Crippen LogP contribution in [0.1, 0.15) is 32.8 Å². The highest BCUT2D eigenvalue weighted by molar-refractivity contribution is 5.14. The van der Waals surface area contributed by atoms with Crippen molar-refractivity contribution in [2.75, 3.05) is 39.3 Å². The molecule has 1 aliphatic rings. The molecular weight excluding hydrogens is 288 g/mol. The summed E-state index contributed by atoms with van der Waals surface area (Å²) in [6.07, 6.45) is 0.745. The van der Waals surface area contributed by atoms with Crippen LogP contribution in [0, 0.1) is 0 Å². The molecule has 1 atom stereocenters. The lowest BCUT2D eigenvalue weighted by atomic mass is 10.2. The first-order chi connectivity index (χ1) is 10.9. The standard InChI is InChI=1S/C19H32N2O2/c1-19(2,3)23-16-18(22)15-21-11-7-10-20(12-13-21)14-17-8-5-4-6-9-17/h4-6,8-9,18,22H,7,10-16H2,1-3H3. The summed E-state index contributed by atoms with van der Waals surface area (Å²) < 4.78 is 5.68. The van der Waals surface area contributed by atoms with Gasteiger partial charge in [-0.2, -0.15) is 0 Å². The minimum atomic E-state index is -0.408. The van der Waals surface area contributed by atoms with Crippen molar-refractivity contribution in [3.63, 3.8) is 0 Å². The zero-order valence-corrected chi connectivity index (χ0v) is 14.9. The molecule has 0 bridgehead atoms. The van der Waals surface area contributed by atoms with E-state index in [1.54, 1.807) is 0 Å². The lowest BCUT2D eigenvalue weighted by molar-refractivity contribution is -0.0558. The molecule has 0 aliphatic carbocycles. The van der Waals surface area contributed by atoms with Crippen LogP contribution < -0.4 is 0 Å². The fourth-order valence-electron chi connectivity index (χ4n) is 2.90. The smallest absolute Gasteiger partial charge is 0.0900 e. The van der Waals surface area contributed by atoms with Crippen LogP contribution >= 0.6 is 0 Å². The molecule has 1 N–H and O–H groups in total. The number of aliphatic hydroxyl groups is 1. The van der Waals surface area contributed by atoms with Gasteiger partial charge in [-0.05, 0) is 45.8 Å². The van der Waals surface area contributed by atoms with Crippen molar-refractivity contribution in [3.05, 3.63) is 35.9 Å². The van der Waals surface area contributed by atoms with Gasteiger partial charge < -0.3 is 9.84 Å². The van der Waals surface area contributed by atoms with E-state index in [0.717, 1.165) is 39.1 Å². The van der Waals surface area contributed by atoms with Crippen LogP contribution in [0.5, 0.6) is 0 Å². The molecule has 0 aromatic heterocycles. The largest absolute Gasteiger partial charge is 0.389 e. The Hall–Kier alpha value is -0.940. The molecule has 4 heteroatoms. The molecule has 1 unspecified atom stereocenters. The van der Waals surface area contributed by atoms with Crippen LogP contribution in [0.25, 0.3) is 0 Å². The number of nitrogens with zero attached hydrogens (tertiary/aromatic N) is 2. The van der Waals surface area contributed by atoms with E-state index in [2.05, 4.69) is 40.1 Å². The Morgan fingerprint density at radius 1 is 1.04 bits per heavy atom. The molecule has 0 radical (unpaired) electrons. The van der Waals surface area contributed by atoms with Gasteiger partial charge in [-0.1, -0.05) is 30.3 Å². The highest BCUT2D eigenvalue weighted by Gasteiger charge is 2.19. The van der Waals surface area contributed by atoms with Crippen molar-refractivity contribution in [2.24, 2.45) is 0 Å². The SMILES string of the molecule is CC(C)(C)OCC(O)CN1CCCN(Cc2ccccc2)CC1. The molecule has 4 nitrogen and oxygen atoms in total. The molecule has 1 saturated heterocycles. The maximum atomic E-state index is 10.2. The normalized spacial score (nSPS) is 19.5. The average molecular weight is 320 g/mol. The monoisotopic (exact) mass is 320 g/mol. The fourth-order valence-corrected chi connectivity index (χ4v) is 2.90. The van der Waals surface area contributed by atoms with E-state index >= 15 is 0 Å². The van der Waals surface area contributed by atoms with Gasteiger partial charge in [-0.25, -0.2) is 0 Å². The minimum Gasteiger partial charge on any atom is -0.389 e. The van der Waals surface area contributed by atoms with Gasteiger partial charge >= 0.3 is 0 Å². The van der Waals surface area contributed by atoms with E-state index in [4.69, 9.17) is 4.74 Å². The fraction of sp³-hybridized carbons (Fsp3) is 0.684. The van der Waals surface area contributed by atoms with E-state index in [1.165, 1.54) is 5.56 Å². The molecule has 0 amide bonds. The molecule has 1 heterocycles. The van der Waals surface area contributed by atoms with E-state index in [0.29, 0.717) is 13.2 Å². The average Bonchev–Trinajstić information content (AvgIpc) is 2.71. The van der Waals surface area contributed by atoms with Gasteiger partial charge in [0.2, 0.25) is 0 Å². The first kappa shape index (κ1) is 18.4. The summed E-state index contributed by atoms with van der Waals surface area (Å²) in [5, 5.41) is 10.2. The van der Waals surface area contributed by atoms with Gasteiger partial charge in [0.05, 0.1) is 18.3 Å². The van der Waals surface area contributed by atoms with Crippen molar-refractivity contribution in [3.8, 4) is 0 Å². The number of hydrogen-bond donors (Lipinski definition) is 1. The molecule has 0 saturated carbocycles. The second kappa shape index (κ2) is 8.78. The van der Waals surface area contributed by atoms with Crippen LogP contribution in [-0.2, 0) is 11.3 Å². The number of aliphatic hydroxyl groups excluding tert-OH is 1. The van der Waals surface area contributed by atoms with Crippen molar-refractivity contribution >= 4 is 0 Å². The number of hydrogen-bond acceptors (Lipinski definition) is 4. The number of ether oxygens (including phenoxy) is 1. The molecule has 23 heavy (non-hydrogen) atoms. The topological polar surface area (TPSA) is 35.9 Å². The molecule has 1 aliphatic heterocycles. The predicted molar refractivity (Wildman–Crippen MR) is 94.5 cm³/mol. The zero-order valence-electron chi connectivity index (χ0n) is 14.9. The van der Waals surface area contributed by atoms with Crippen molar-refractivity contribution < 1.29 is 9.84 Å². The van der Waals surface area contributed by atoms with Gasteiger partial charge in [0.1, 0.15) is 0 Å². The highest BCUT2D eigenvalue weighted by Crippen LogP contribution is 2.11. The quantitative estimate of drug-likeness (QED) is 0.873. The second-order valence-electron chi connectivity index (χ2n) is 7.49. The first-order valence-electron chi connectivity index (χ1n) is 8.73. The molecule has 2 rings (SSSR count). The Bertz CT molecular complexity index is 444. The summed E-state index contributed by atoms with van der Waals surface area (Å²) in [7, 11) is 0.